The van der Waals surface area contributed by atoms with Crippen molar-refractivity contribution >= 4 is 32.3 Å². The van der Waals surface area contributed by atoms with Gasteiger partial charge in [0.05, 0.1) is 0 Å². The Labute approximate surface area is 264 Å². The van der Waals surface area contributed by atoms with E-state index >= 15 is 0 Å². The van der Waals surface area contributed by atoms with E-state index in [1.165, 1.54) is 88.0 Å². The summed E-state index contributed by atoms with van der Waals surface area (Å²) < 4.78 is 0. The maximum atomic E-state index is 2.45. The van der Waals surface area contributed by atoms with E-state index in [2.05, 4.69) is 172 Å². The highest BCUT2D eigenvalue weighted by Gasteiger charge is 2.36. The molecule has 0 amide bonds. The second-order valence-electron chi connectivity index (χ2n) is 12.9. The van der Waals surface area contributed by atoms with Crippen LogP contribution in [0, 0.1) is 0 Å². The Balaban J connectivity index is 1.15. The molecule has 0 saturated carbocycles. The van der Waals surface area contributed by atoms with Crippen LogP contribution < -0.4 is 0 Å². The molecule has 1 aliphatic rings. The second kappa shape index (κ2) is 9.78. The molecule has 8 aromatic rings. The summed E-state index contributed by atoms with van der Waals surface area (Å²) in [6, 6.07) is 58.4. The van der Waals surface area contributed by atoms with Crippen LogP contribution in [0.15, 0.2) is 158 Å². The summed E-state index contributed by atoms with van der Waals surface area (Å²) in [6.07, 6.45) is 0. The number of hydrogen-bond donors (Lipinski definition) is 0. The van der Waals surface area contributed by atoms with Gasteiger partial charge in [0.15, 0.2) is 0 Å². The van der Waals surface area contributed by atoms with E-state index < -0.39 is 0 Å². The fourth-order valence-corrected chi connectivity index (χ4v) is 7.71. The van der Waals surface area contributed by atoms with Gasteiger partial charge >= 0.3 is 0 Å². The van der Waals surface area contributed by atoms with Crippen molar-refractivity contribution in [3.8, 4) is 44.5 Å². The predicted molar refractivity (Wildman–Crippen MR) is 193 cm³/mol. The third-order valence-corrected chi connectivity index (χ3v) is 10.1. The van der Waals surface area contributed by atoms with Crippen LogP contribution in [0.25, 0.3) is 76.8 Å². The molecule has 0 atom stereocenters. The molecular formula is C45H32. The average Bonchev–Trinajstić information content (AvgIpc) is 3.32. The number of rotatable bonds is 3. The Morgan fingerprint density at radius 3 is 1.58 bits per heavy atom. The van der Waals surface area contributed by atoms with Crippen LogP contribution in [0.1, 0.15) is 25.0 Å². The SMILES string of the molecule is CC1(C)c2cc(-c3ccc4ccccc4c3)ccc2-c2ccc(-c3cccc4c(-c5cccc6ccccc56)cccc34)cc21. The van der Waals surface area contributed by atoms with Crippen molar-refractivity contribution in [1.29, 1.82) is 0 Å². The molecule has 8 aromatic carbocycles. The zero-order valence-electron chi connectivity index (χ0n) is 25.5. The predicted octanol–water partition coefficient (Wildman–Crippen LogP) is 12.5. The highest BCUT2D eigenvalue weighted by atomic mass is 14.4. The molecule has 0 saturated heterocycles. The molecule has 0 spiro atoms. The van der Waals surface area contributed by atoms with Crippen molar-refractivity contribution < 1.29 is 0 Å². The molecule has 0 unspecified atom stereocenters. The van der Waals surface area contributed by atoms with Gasteiger partial charge in [-0.3, -0.25) is 0 Å². The summed E-state index contributed by atoms with van der Waals surface area (Å²) in [6.45, 7) is 4.76. The van der Waals surface area contributed by atoms with Crippen LogP contribution >= 0.6 is 0 Å². The van der Waals surface area contributed by atoms with E-state index in [1.54, 1.807) is 0 Å². The molecule has 0 bridgehead atoms. The Morgan fingerprint density at radius 1 is 0.311 bits per heavy atom. The standard InChI is InChI=1S/C45H32/c1-45(2)43-27-33(32-21-20-29-10-3-4-12-31(29)26-32)22-24-41(43)42-25-23-34(28-44(42)45)36-15-8-18-40-38(36)17-9-19-39(40)37-16-7-13-30-11-5-6-14-35(30)37/h3-28H,1-2H3. The van der Waals surface area contributed by atoms with Crippen LogP contribution in [-0.4, -0.2) is 0 Å². The lowest BCUT2D eigenvalue weighted by Gasteiger charge is -2.23. The normalized spacial score (nSPS) is 13.3. The molecule has 0 N–H and O–H groups in total. The van der Waals surface area contributed by atoms with Crippen LogP contribution in [0.5, 0.6) is 0 Å². The largest absolute Gasteiger partial charge is 0.0616 e. The van der Waals surface area contributed by atoms with Gasteiger partial charge in [0.2, 0.25) is 0 Å². The first-order chi connectivity index (χ1) is 22.1. The van der Waals surface area contributed by atoms with E-state index in [9.17, 15) is 0 Å². The zero-order valence-corrected chi connectivity index (χ0v) is 25.5. The Morgan fingerprint density at radius 2 is 0.800 bits per heavy atom. The molecule has 0 nitrogen and oxygen atoms in total. The summed E-state index contributed by atoms with van der Waals surface area (Å²) in [7, 11) is 0. The monoisotopic (exact) mass is 572 g/mol. The molecular weight excluding hydrogens is 540 g/mol. The third kappa shape index (κ3) is 3.99. The van der Waals surface area contributed by atoms with Gasteiger partial charge in [0.25, 0.3) is 0 Å². The van der Waals surface area contributed by atoms with Gasteiger partial charge in [-0.05, 0) is 106 Å². The van der Waals surface area contributed by atoms with Crippen LogP contribution in [0.4, 0.5) is 0 Å². The van der Waals surface area contributed by atoms with E-state index in [1.807, 2.05) is 0 Å². The van der Waals surface area contributed by atoms with E-state index in [0.717, 1.165) is 0 Å². The highest BCUT2D eigenvalue weighted by Crippen LogP contribution is 2.51. The van der Waals surface area contributed by atoms with Gasteiger partial charge in [-0.2, -0.15) is 0 Å². The minimum Gasteiger partial charge on any atom is -0.0616 e. The number of fused-ring (bicyclic) bond motifs is 6. The Kier molecular flexibility index (Phi) is 5.64. The van der Waals surface area contributed by atoms with E-state index in [-0.39, 0.29) is 5.41 Å². The maximum Gasteiger partial charge on any atom is 0.0159 e. The summed E-state index contributed by atoms with van der Waals surface area (Å²) in [5.74, 6) is 0. The molecule has 0 heteroatoms. The summed E-state index contributed by atoms with van der Waals surface area (Å²) >= 11 is 0. The minimum atomic E-state index is -0.105. The van der Waals surface area contributed by atoms with Crippen LogP contribution in [0.2, 0.25) is 0 Å². The molecule has 212 valence electrons. The highest BCUT2D eigenvalue weighted by molar-refractivity contribution is 6.09. The van der Waals surface area contributed by atoms with Crippen molar-refractivity contribution in [3.63, 3.8) is 0 Å². The van der Waals surface area contributed by atoms with Gasteiger partial charge < -0.3 is 0 Å². The van der Waals surface area contributed by atoms with Crippen molar-refractivity contribution in [1.82, 2.24) is 0 Å². The minimum absolute atomic E-state index is 0.105. The van der Waals surface area contributed by atoms with E-state index in [0.29, 0.717) is 0 Å². The fraction of sp³-hybridized carbons (Fsp3) is 0.0667. The maximum absolute atomic E-state index is 2.45. The molecule has 0 radical (unpaired) electrons. The molecule has 45 heavy (non-hydrogen) atoms. The topological polar surface area (TPSA) is 0 Å². The van der Waals surface area contributed by atoms with Crippen molar-refractivity contribution in [2.75, 3.05) is 0 Å². The van der Waals surface area contributed by atoms with Gasteiger partial charge in [0, 0.05) is 5.41 Å². The lowest BCUT2D eigenvalue weighted by molar-refractivity contribution is 0.661. The van der Waals surface area contributed by atoms with Gasteiger partial charge in [-0.1, -0.05) is 153 Å². The molecule has 0 fully saturated rings. The fourth-order valence-electron chi connectivity index (χ4n) is 7.71. The summed E-state index contributed by atoms with van der Waals surface area (Å²) in [5.41, 5.74) is 13.0. The average molecular weight is 573 g/mol. The first-order valence-corrected chi connectivity index (χ1v) is 15.9. The summed E-state index contributed by atoms with van der Waals surface area (Å²) in [4.78, 5) is 0. The summed E-state index contributed by atoms with van der Waals surface area (Å²) in [5, 5.41) is 7.69. The Hall–Kier alpha value is -5.46. The van der Waals surface area contributed by atoms with Crippen molar-refractivity contribution in [3.05, 3.63) is 169 Å². The van der Waals surface area contributed by atoms with Gasteiger partial charge in [-0.15, -0.1) is 0 Å². The molecule has 9 rings (SSSR count). The third-order valence-electron chi connectivity index (χ3n) is 10.1. The lowest BCUT2D eigenvalue weighted by Crippen LogP contribution is -2.15. The quantitative estimate of drug-likeness (QED) is 0.197. The molecule has 0 aliphatic heterocycles. The lowest BCUT2D eigenvalue weighted by atomic mass is 9.80. The first kappa shape index (κ1) is 26.0. The molecule has 0 heterocycles. The Bertz CT molecular complexity index is 2450. The number of hydrogen-bond acceptors (Lipinski definition) is 0. The van der Waals surface area contributed by atoms with Crippen LogP contribution in [0.3, 0.4) is 0 Å². The first-order valence-electron chi connectivity index (χ1n) is 15.9. The smallest absolute Gasteiger partial charge is 0.0159 e. The van der Waals surface area contributed by atoms with Crippen LogP contribution in [-0.2, 0) is 5.41 Å². The molecule has 0 aromatic heterocycles. The molecule has 1 aliphatic carbocycles. The van der Waals surface area contributed by atoms with Crippen molar-refractivity contribution in [2.24, 2.45) is 0 Å². The van der Waals surface area contributed by atoms with Gasteiger partial charge in [-0.25, -0.2) is 0 Å². The number of benzene rings is 8. The zero-order chi connectivity index (χ0) is 30.1. The van der Waals surface area contributed by atoms with Crippen molar-refractivity contribution in [2.45, 2.75) is 19.3 Å². The van der Waals surface area contributed by atoms with E-state index in [4.69, 9.17) is 0 Å². The second-order valence-corrected chi connectivity index (χ2v) is 12.9. The van der Waals surface area contributed by atoms with Gasteiger partial charge in [0.1, 0.15) is 0 Å².